The van der Waals surface area contributed by atoms with Gasteiger partial charge in [0.25, 0.3) is 0 Å². The summed E-state index contributed by atoms with van der Waals surface area (Å²) in [5.41, 5.74) is 0. The van der Waals surface area contributed by atoms with Gasteiger partial charge in [0.2, 0.25) is 0 Å². The number of methoxy groups -OCH3 is 1. The Balaban J connectivity index is 1.52. The smallest absolute Gasteiger partial charge is 0.118 e. The summed E-state index contributed by atoms with van der Waals surface area (Å²) in [5, 5.41) is 3.29. The first-order valence-corrected chi connectivity index (χ1v) is 12.9. The Morgan fingerprint density at radius 1 is 0.654 bits per heavy atom. The molecule has 1 aliphatic carbocycles. The van der Waals surface area contributed by atoms with Crippen LogP contribution < -0.4 is 10.4 Å². The van der Waals surface area contributed by atoms with Crippen LogP contribution >= 0.6 is 0 Å². The lowest BCUT2D eigenvalue weighted by Crippen LogP contribution is -2.60. The Morgan fingerprint density at radius 2 is 1.12 bits per heavy atom. The van der Waals surface area contributed by atoms with Crippen LogP contribution in [-0.2, 0) is 4.74 Å². The fourth-order valence-corrected chi connectivity index (χ4v) is 10.8. The molecule has 0 spiro atoms. The van der Waals surface area contributed by atoms with E-state index in [1.807, 2.05) is 7.11 Å². The zero-order valence-electron chi connectivity index (χ0n) is 16.1. The van der Waals surface area contributed by atoms with Crippen LogP contribution in [0, 0.1) is 11.8 Å². The molecule has 0 aromatic heterocycles. The molecule has 1 saturated carbocycles. The van der Waals surface area contributed by atoms with Crippen LogP contribution in [0.4, 0.5) is 0 Å². The van der Waals surface area contributed by atoms with E-state index in [9.17, 15) is 0 Å². The molecule has 0 radical (unpaired) electrons. The van der Waals surface area contributed by atoms with Crippen LogP contribution in [0.2, 0.25) is 12.1 Å². The van der Waals surface area contributed by atoms with Crippen LogP contribution in [0.15, 0.2) is 60.7 Å². The largest absolute Gasteiger partial charge is 0.381 e. The fraction of sp³-hybridized carbons (Fsp3) is 0.500. The second-order valence-electron chi connectivity index (χ2n) is 8.42. The van der Waals surface area contributed by atoms with E-state index in [4.69, 9.17) is 4.74 Å². The minimum Gasteiger partial charge on any atom is -0.381 e. The zero-order valence-corrected chi connectivity index (χ0v) is 17.1. The van der Waals surface area contributed by atoms with Crippen molar-refractivity contribution in [1.29, 1.82) is 0 Å². The maximum Gasteiger partial charge on any atom is 0.118 e. The van der Waals surface area contributed by atoms with Gasteiger partial charge in [-0.15, -0.1) is 0 Å². The molecule has 138 valence electrons. The number of ether oxygens (including phenoxy) is 1. The van der Waals surface area contributed by atoms with Crippen molar-refractivity contribution in [3.63, 3.8) is 0 Å². The molecule has 1 heterocycles. The Hall–Kier alpha value is -1.38. The summed E-state index contributed by atoms with van der Waals surface area (Å²) in [6.45, 7) is 0. The second kappa shape index (κ2) is 8.10. The van der Waals surface area contributed by atoms with Gasteiger partial charge in [-0.2, -0.15) is 0 Å². The van der Waals surface area contributed by atoms with Gasteiger partial charge in [-0.25, -0.2) is 0 Å². The second-order valence-corrected chi connectivity index (χ2v) is 12.7. The lowest BCUT2D eigenvalue weighted by Gasteiger charge is -2.43. The molecule has 2 aliphatic rings. The summed E-state index contributed by atoms with van der Waals surface area (Å²) in [4.78, 5) is 0. The monoisotopic (exact) mass is 364 g/mol. The first-order valence-electron chi connectivity index (χ1n) is 10.5. The van der Waals surface area contributed by atoms with Gasteiger partial charge in [-0.1, -0.05) is 83.9 Å². The molecule has 26 heavy (non-hydrogen) atoms. The SMILES string of the molecule is CO[C@H]1CC[C@H](C2CC[Si](c3ccccc3)(c3ccccc3)CC2)CC1. The van der Waals surface area contributed by atoms with E-state index < -0.39 is 8.07 Å². The molecular formula is C24H32OSi. The van der Waals surface area contributed by atoms with E-state index >= 15 is 0 Å². The first-order chi connectivity index (χ1) is 12.8. The van der Waals surface area contributed by atoms with Crippen molar-refractivity contribution in [1.82, 2.24) is 0 Å². The van der Waals surface area contributed by atoms with Crippen molar-refractivity contribution in [2.45, 2.75) is 56.7 Å². The van der Waals surface area contributed by atoms with Gasteiger partial charge in [0.15, 0.2) is 0 Å². The number of hydrogen-bond acceptors (Lipinski definition) is 1. The van der Waals surface area contributed by atoms with Gasteiger partial charge < -0.3 is 4.74 Å². The predicted octanol–water partition coefficient (Wildman–Crippen LogP) is 4.86. The van der Waals surface area contributed by atoms with Gasteiger partial charge in [0.1, 0.15) is 8.07 Å². The maximum absolute atomic E-state index is 5.58. The average molecular weight is 365 g/mol. The summed E-state index contributed by atoms with van der Waals surface area (Å²) in [7, 11) is 0.295. The van der Waals surface area contributed by atoms with E-state index in [0.29, 0.717) is 6.10 Å². The Morgan fingerprint density at radius 3 is 1.58 bits per heavy atom. The summed E-state index contributed by atoms with van der Waals surface area (Å²) in [6, 6.07) is 25.8. The van der Waals surface area contributed by atoms with Crippen LogP contribution in [-0.4, -0.2) is 21.3 Å². The number of benzene rings is 2. The quantitative estimate of drug-likeness (QED) is 0.704. The van der Waals surface area contributed by atoms with E-state index in [1.165, 1.54) is 50.6 Å². The Bertz CT molecular complexity index is 626. The molecule has 2 fully saturated rings. The molecular weight excluding hydrogens is 332 g/mol. The average Bonchev–Trinajstić information content (AvgIpc) is 2.75. The van der Waals surface area contributed by atoms with E-state index in [-0.39, 0.29) is 0 Å². The van der Waals surface area contributed by atoms with Crippen molar-refractivity contribution < 1.29 is 4.74 Å². The van der Waals surface area contributed by atoms with Crippen LogP contribution in [0.25, 0.3) is 0 Å². The topological polar surface area (TPSA) is 9.23 Å². The lowest BCUT2D eigenvalue weighted by atomic mass is 9.76. The number of rotatable bonds is 4. The minimum atomic E-state index is -1.59. The summed E-state index contributed by atoms with van der Waals surface area (Å²) >= 11 is 0. The molecule has 0 unspecified atom stereocenters. The summed E-state index contributed by atoms with van der Waals surface area (Å²) in [5.74, 6) is 1.89. The van der Waals surface area contributed by atoms with Gasteiger partial charge in [0.05, 0.1) is 6.10 Å². The fourth-order valence-electron chi connectivity index (χ4n) is 5.66. The highest BCUT2D eigenvalue weighted by Gasteiger charge is 2.42. The van der Waals surface area contributed by atoms with Crippen LogP contribution in [0.3, 0.4) is 0 Å². The molecule has 1 nitrogen and oxygen atoms in total. The molecule has 1 saturated heterocycles. The van der Waals surface area contributed by atoms with Crippen molar-refractivity contribution >= 4 is 18.4 Å². The zero-order chi connectivity index (χ0) is 17.8. The molecule has 0 amide bonds. The minimum absolute atomic E-state index is 0.525. The molecule has 2 aromatic carbocycles. The standard InChI is InChI=1S/C24H32OSi/c1-25-22-14-12-20(13-15-22)21-16-18-26(19-17-21,23-8-4-2-5-9-23)24-10-6-3-7-11-24/h2-11,20-22H,12-19H2,1H3/t20-,22-. The predicted molar refractivity (Wildman–Crippen MR) is 113 cm³/mol. The lowest BCUT2D eigenvalue weighted by molar-refractivity contribution is 0.0449. The van der Waals surface area contributed by atoms with Gasteiger partial charge in [0, 0.05) is 7.11 Å². The molecule has 2 heteroatoms. The van der Waals surface area contributed by atoms with Gasteiger partial charge in [-0.05, 0) is 49.6 Å². The molecule has 0 atom stereocenters. The highest BCUT2D eigenvalue weighted by molar-refractivity contribution is 7.02. The third-order valence-electron chi connectivity index (χ3n) is 7.26. The third-order valence-corrected chi connectivity index (χ3v) is 12.4. The highest BCUT2D eigenvalue weighted by Crippen LogP contribution is 2.41. The molecule has 0 N–H and O–H groups in total. The van der Waals surface area contributed by atoms with Crippen molar-refractivity contribution in [3.05, 3.63) is 60.7 Å². The Labute approximate surface area is 159 Å². The van der Waals surface area contributed by atoms with Crippen LogP contribution in [0.1, 0.15) is 38.5 Å². The molecule has 1 aliphatic heterocycles. The molecule has 0 bridgehead atoms. The third kappa shape index (κ3) is 3.54. The first kappa shape index (κ1) is 18.0. The van der Waals surface area contributed by atoms with Crippen molar-refractivity contribution in [3.8, 4) is 0 Å². The van der Waals surface area contributed by atoms with Crippen molar-refractivity contribution in [2.24, 2.45) is 11.8 Å². The summed E-state index contributed by atoms with van der Waals surface area (Å²) < 4.78 is 5.58. The highest BCUT2D eigenvalue weighted by atomic mass is 28.3. The molecule has 4 rings (SSSR count). The summed E-state index contributed by atoms with van der Waals surface area (Å²) in [6.07, 6.45) is 8.70. The normalized spacial score (nSPS) is 26.5. The van der Waals surface area contributed by atoms with Gasteiger partial charge in [-0.3, -0.25) is 0 Å². The van der Waals surface area contributed by atoms with E-state index in [1.54, 1.807) is 10.4 Å². The maximum atomic E-state index is 5.58. The van der Waals surface area contributed by atoms with E-state index in [0.717, 1.165) is 11.8 Å². The van der Waals surface area contributed by atoms with E-state index in [2.05, 4.69) is 60.7 Å². The van der Waals surface area contributed by atoms with Gasteiger partial charge >= 0.3 is 0 Å². The van der Waals surface area contributed by atoms with Crippen LogP contribution in [0.5, 0.6) is 0 Å². The number of hydrogen-bond donors (Lipinski definition) is 0. The Kier molecular flexibility index (Phi) is 5.61. The molecule has 2 aromatic rings. The van der Waals surface area contributed by atoms with Crippen molar-refractivity contribution in [2.75, 3.05) is 7.11 Å².